The molecule has 0 radical (unpaired) electrons. The van der Waals surface area contributed by atoms with Crippen LogP contribution in [0.25, 0.3) is 0 Å². The molecular weight excluding hydrogens is 543 g/mol. The third kappa shape index (κ3) is 4.97. The molecule has 0 spiro atoms. The van der Waals surface area contributed by atoms with E-state index in [1.54, 1.807) is 0 Å². The van der Waals surface area contributed by atoms with Crippen molar-refractivity contribution >= 4 is 18.7 Å². The molecule has 1 N–H and O–H groups in total. The summed E-state index contributed by atoms with van der Waals surface area (Å²) in [7, 11) is -3.40. The molecule has 0 saturated heterocycles. The highest BCUT2D eigenvalue weighted by atomic mass is 31.2. The molecule has 3 fully saturated rings. The van der Waals surface area contributed by atoms with Crippen LogP contribution < -0.4 is 5.30 Å². The van der Waals surface area contributed by atoms with Crippen molar-refractivity contribution in [2.45, 2.75) is 77.2 Å². The van der Waals surface area contributed by atoms with Crippen molar-refractivity contribution in [3.05, 3.63) is 88.5 Å². The molecule has 2 aromatic rings. The maximum absolute atomic E-state index is 13.5. The van der Waals surface area contributed by atoms with Crippen molar-refractivity contribution in [1.82, 2.24) is 0 Å². The highest BCUT2D eigenvalue weighted by molar-refractivity contribution is 7.62. The van der Waals surface area contributed by atoms with Gasteiger partial charge in [0.25, 0.3) is 0 Å². The van der Waals surface area contributed by atoms with Gasteiger partial charge in [-0.25, -0.2) is 0 Å². The first-order valence-electron chi connectivity index (χ1n) is 15.5. The summed E-state index contributed by atoms with van der Waals surface area (Å²) < 4.78 is 24.7. The third-order valence-corrected chi connectivity index (χ3v) is 12.4. The van der Waals surface area contributed by atoms with Crippen LogP contribution in [-0.2, 0) is 18.4 Å². The van der Waals surface area contributed by atoms with Crippen molar-refractivity contribution in [1.29, 1.82) is 0 Å². The van der Waals surface area contributed by atoms with E-state index in [9.17, 15) is 14.5 Å². The summed E-state index contributed by atoms with van der Waals surface area (Å²) >= 11 is 0. The molecule has 0 amide bonds. The van der Waals surface area contributed by atoms with Crippen molar-refractivity contribution in [3.8, 4) is 11.8 Å². The predicted molar refractivity (Wildman–Crippen MR) is 165 cm³/mol. The van der Waals surface area contributed by atoms with Crippen LogP contribution in [0.5, 0.6) is 0 Å². The molecule has 0 bridgehead atoms. The number of Topliss-reactive ketones (excluding diaryl/α,β-unsaturated/α-hetero) is 1. The van der Waals surface area contributed by atoms with Crippen LogP contribution in [0.1, 0.15) is 82.8 Å². The summed E-state index contributed by atoms with van der Waals surface area (Å²) in [5, 5.41) is 12.8. The van der Waals surface area contributed by atoms with Crippen LogP contribution in [0.4, 0.5) is 0 Å². The Morgan fingerprint density at radius 2 is 1.74 bits per heavy atom. The SMILES string of the molecule is CCOP(=O)(OCC)c1ccc([C@H]2C[C@@]3(C)[C@@H](CC[C@@]3(O)C#Cc3ccccc3)[C@@H]3CC=C4CC(=O)CCC4=C32)cc1. The summed E-state index contributed by atoms with van der Waals surface area (Å²) in [6.07, 6.45) is 7.45. The van der Waals surface area contributed by atoms with Crippen molar-refractivity contribution < 1.29 is 23.5 Å². The second-order valence-electron chi connectivity index (χ2n) is 12.4. The predicted octanol–water partition coefficient (Wildman–Crippen LogP) is 7.26. The van der Waals surface area contributed by atoms with Crippen LogP contribution in [-0.4, -0.2) is 29.7 Å². The fourth-order valence-electron chi connectivity index (χ4n) is 8.22. The quantitative estimate of drug-likeness (QED) is 0.286. The Morgan fingerprint density at radius 1 is 1.02 bits per heavy atom. The molecule has 3 saturated carbocycles. The number of rotatable bonds is 6. The van der Waals surface area contributed by atoms with Gasteiger partial charge < -0.3 is 14.2 Å². The molecule has 6 heteroatoms. The van der Waals surface area contributed by atoms with Crippen molar-refractivity contribution in [2.24, 2.45) is 17.3 Å². The molecule has 0 aromatic heterocycles. The fourth-order valence-corrected chi connectivity index (χ4v) is 9.78. The lowest BCUT2D eigenvalue weighted by Gasteiger charge is -2.53. The Balaban J connectivity index is 1.43. The second-order valence-corrected chi connectivity index (χ2v) is 14.5. The highest BCUT2D eigenvalue weighted by Crippen LogP contribution is 2.66. The first-order chi connectivity index (χ1) is 20.2. The standard InChI is InChI=1S/C36H41O5P/c1-4-40-42(39,41-5-2)29-15-11-26(12-16-29)32-24-35(3)33(20-22-36(35,38)21-19-25-9-7-6-8-10-25)31-17-13-27-23-28(37)14-18-30(27)34(31)32/h6-13,15-16,31-33,38H,4-5,14,17-18,20,22-24H2,1-3H3/t31-,32+,33-,35-,36-/m0/s1. The number of carbonyl (C=O) groups is 1. The lowest BCUT2D eigenvalue weighted by molar-refractivity contribution is -0.118. The second kappa shape index (κ2) is 11.4. The van der Waals surface area contributed by atoms with E-state index >= 15 is 0 Å². The average molecular weight is 585 g/mol. The minimum Gasteiger partial charge on any atom is -0.377 e. The van der Waals surface area contributed by atoms with Gasteiger partial charge in [0.2, 0.25) is 0 Å². The van der Waals surface area contributed by atoms with E-state index in [-0.39, 0.29) is 5.92 Å². The molecule has 4 aliphatic rings. The van der Waals surface area contributed by atoms with Crippen LogP contribution in [0.3, 0.4) is 0 Å². The van der Waals surface area contributed by atoms with Gasteiger partial charge in [0.1, 0.15) is 11.4 Å². The normalized spacial score (nSPS) is 30.5. The number of benzene rings is 2. The summed E-state index contributed by atoms with van der Waals surface area (Å²) in [5.74, 6) is 7.64. The van der Waals surface area contributed by atoms with Gasteiger partial charge in [-0.2, -0.15) is 0 Å². The van der Waals surface area contributed by atoms with Crippen molar-refractivity contribution in [2.75, 3.05) is 13.2 Å². The Bertz CT molecular complexity index is 1520. The zero-order valence-electron chi connectivity index (χ0n) is 24.9. The molecule has 5 atom stereocenters. The largest absolute Gasteiger partial charge is 0.377 e. The van der Waals surface area contributed by atoms with Gasteiger partial charge >= 0.3 is 7.60 Å². The molecule has 0 aliphatic heterocycles. The summed E-state index contributed by atoms with van der Waals surface area (Å²) in [6.45, 7) is 6.49. The van der Waals surface area contributed by atoms with Crippen molar-refractivity contribution in [3.63, 3.8) is 0 Å². The summed E-state index contributed by atoms with van der Waals surface area (Å²) in [4.78, 5) is 12.4. The smallest absolute Gasteiger partial charge is 0.361 e. The van der Waals surface area contributed by atoms with E-state index in [2.05, 4.69) is 37.0 Å². The number of allylic oxidation sites excluding steroid dienone is 4. The maximum Gasteiger partial charge on any atom is 0.361 e. The van der Waals surface area contributed by atoms with E-state index in [1.807, 2.05) is 56.3 Å². The molecule has 4 aliphatic carbocycles. The van der Waals surface area contributed by atoms with Crippen LogP contribution >= 0.6 is 7.60 Å². The molecular formula is C36H41O5P. The molecule has 42 heavy (non-hydrogen) atoms. The number of hydrogen-bond donors (Lipinski definition) is 1. The van der Waals surface area contributed by atoms with E-state index < -0.39 is 18.6 Å². The number of ketones is 1. The minimum atomic E-state index is -3.40. The molecule has 6 rings (SSSR count). The lowest BCUT2D eigenvalue weighted by atomic mass is 9.51. The molecule has 0 heterocycles. The van der Waals surface area contributed by atoms with Gasteiger partial charge in [-0.05, 0) is 98.8 Å². The number of carbonyl (C=O) groups excluding carboxylic acids is 1. The van der Waals surface area contributed by atoms with Gasteiger partial charge in [0.15, 0.2) is 0 Å². The molecule has 2 aromatic carbocycles. The van der Waals surface area contributed by atoms with Gasteiger partial charge in [0, 0.05) is 29.7 Å². The number of fused-ring (bicyclic) bond motifs is 4. The Kier molecular flexibility index (Phi) is 7.96. The van der Waals surface area contributed by atoms with Crippen LogP contribution in [0.15, 0.2) is 77.4 Å². The highest BCUT2D eigenvalue weighted by Gasteiger charge is 2.62. The van der Waals surface area contributed by atoms with E-state index in [1.165, 1.54) is 16.7 Å². The van der Waals surface area contributed by atoms with Gasteiger partial charge in [0.05, 0.1) is 18.5 Å². The van der Waals surface area contributed by atoms with E-state index in [0.29, 0.717) is 55.4 Å². The lowest BCUT2D eigenvalue weighted by Crippen LogP contribution is -2.50. The zero-order chi connectivity index (χ0) is 29.5. The summed E-state index contributed by atoms with van der Waals surface area (Å²) in [5.41, 5.74) is 4.55. The van der Waals surface area contributed by atoms with Gasteiger partial charge in [-0.1, -0.05) is 60.7 Å². The topological polar surface area (TPSA) is 72.8 Å². The average Bonchev–Trinajstić information content (AvgIpc) is 3.26. The maximum atomic E-state index is 13.5. The first kappa shape index (κ1) is 29.3. The first-order valence-corrected chi connectivity index (χ1v) is 17.0. The van der Waals surface area contributed by atoms with Crippen LogP contribution in [0.2, 0.25) is 0 Å². The molecule has 5 nitrogen and oxygen atoms in total. The fraction of sp³-hybridized carbons (Fsp3) is 0.472. The van der Waals surface area contributed by atoms with E-state index in [4.69, 9.17) is 9.05 Å². The Labute approximate surface area is 249 Å². The van der Waals surface area contributed by atoms with Gasteiger partial charge in [-0.3, -0.25) is 9.36 Å². The summed E-state index contributed by atoms with van der Waals surface area (Å²) in [6, 6.07) is 17.8. The van der Waals surface area contributed by atoms with E-state index in [0.717, 1.165) is 36.8 Å². The van der Waals surface area contributed by atoms with Crippen LogP contribution in [0, 0.1) is 29.1 Å². The van der Waals surface area contributed by atoms with Gasteiger partial charge in [-0.15, -0.1) is 0 Å². The Hall–Kier alpha value is -2.74. The Morgan fingerprint density at radius 3 is 2.43 bits per heavy atom. The molecule has 0 unspecified atom stereocenters. The zero-order valence-corrected chi connectivity index (χ0v) is 25.8. The monoisotopic (exact) mass is 584 g/mol. The third-order valence-electron chi connectivity index (χ3n) is 10.3. The molecule has 220 valence electrons. The number of aliphatic hydroxyl groups is 1. The number of hydrogen-bond acceptors (Lipinski definition) is 5. The minimum absolute atomic E-state index is 0.0684.